The van der Waals surface area contributed by atoms with E-state index < -0.39 is 15.6 Å². The molecule has 9 heteroatoms. The maximum Gasteiger partial charge on any atom is 0.261 e. The summed E-state index contributed by atoms with van der Waals surface area (Å²) in [6.45, 7) is 5.47. The second-order valence-electron chi connectivity index (χ2n) is 6.86. The van der Waals surface area contributed by atoms with Gasteiger partial charge in [0.1, 0.15) is 11.4 Å². The first-order valence-corrected chi connectivity index (χ1v) is 10.3. The lowest BCUT2D eigenvalue weighted by Gasteiger charge is -2.39. The van der Waals surface area contributed by atoms with Gasteiger partial charge in [0, 0.05) is 17.0 Å². The molecule has 1 aliphatic rings. The molecule has 0 radical (unpaired) electrons. The number of carbonyl (C=O) groups is 1. The Morgan fingerprint density at radius 2 is 1.78 bits per heavy atom. The molecule has 0 atom stereocenters. The van der Waals surface area contributed by atoms with Crippen molar-refractivity contribution in [3.63, 3.8) is 0 Å². The molecule has 0 spiro atoms. The third kappa shape index (κ3) is 4.31. The quantitative estimate of drug-likeness (QED) is 0.789. The fraction of sp³-hybridized carbons (Fsp3) is 0.278. The van der Waals surface area contributed by atoms with Gasteiger partial charge in [-0.2, -0.15) is 0 Å². The van der Waals surface area contributed by atoms with Crippen LogP contribution in [0.15, 0.2) is 41.3 Å². The van der Waals surface area contributed by atoms with Gasteiger partial charge in [-0.25, -0.2) is 8.42 Å². The molecule has 27 heavy (non-hydrogen) atoms. The summed E-state index contributed by atoms with van der Waals surface area (Å²) in [4.78, 5) is 13.6. The Kier molecular flexibility index (Phi) is 5.05. The Labute approximate surface area is 168 Å². The number of amides is 1. The summed E-state index contributed by atoms with van der Waals surface area (Å²) in [6, 6.07) is 8.80. The third-order valence-electron chi connectivity index (χ3n) is 3.95. The summed E-state index contributed by atoms with van der Waals surface area (Å²) in [5.74, 6) is 0.253. The van der Waals surface area contributed by atoms with Crippen LogP contribution in [-0.4, -0.2) is 26.5 Å². The molecule has 1 amide bonds. The highest BCUT2D eigenvalue weighted by Crippen LogP contribution is 2.39. The van der Waals surface area contributed by atoms with Crippen molar-refractivity contribution in [1.29, 1.82) is 0 Å². The first-order chi connectivity index (χ1) is 12.5. The highest BCUT2D eigenvalue weighted by molar-refractivity contribution is 7.92. The maximum atomic E-state index is 12.8. The van der Waals surface area contributed by atoms with E-state index in [2.05, 4.69) is 4.72 Å². The molecule has 0 saturated carbocycles. The lowest BCUT2D eigenvalue weighted by Crippen LogP contribution is -2.48. The topological polar surface area (TPSA) is 75.7 Å². The van der Waals surface area contributed by atoms with Crippen molar-refractivity contribution in [3.05, 3.63) is 46.4 Å². The van der Waals surface area contributed by atoms with Gasteiger partial charge in [0.05, 0.1) is 22.8 Å². The Balaban J connectivity index is 2.00. The van der Waals surface area contributed by atoms with E-state index in [9.17, 15) is 13.2 Å². The Bertz CT molecular complexity index is 1000. The summed E-state index contributed by atoms with van der Waals surface area (Å²) in [5.41, 5.74) is 0.0781. The number of hydrogen-bond donors (Lipinski definition) is 1. The van der Waals surface area contributed by atoms with Gasteiger partial charge >= 0.3 is 0 Å². The van der Waals surface area contributed by atoms with E-state index in [1.807, 2.05) is 13.8 Å². The average molecular weight is 429 g/mol. The molecule has 0 aliphatic carbocycles. The summed E-state index contributed by atoms with van der Waals surface area (Å²) in [5, 5.41) is 0.619. The van der Waals surface area contributed by atoms with E-state index in [0.717, 1.165) is 0 Å². The largest absolute Gasteiger partial charge is 0.484 e. The van der Waals surface area contributed by atoms with E-state index in [4.69, 9.17) is 27.9 Å². The summed E-state index contributed by atoms with van der Waals surface area (Å²) < 4.78 is 33.9. The van der Waals surface area contributed by atoms with E-state index in [1.165, 1.54) is 42.2 Å². The van der Waals surface area contributed by atoms with E-state index >= 15 is 0 Å². The van der Waals surface area contributed by atoms with E-state index in [1.54, 1.807) is 6.07 Å². The SMILES string of the molecule is CC(=O)N1CC(C)(C)Oc2ccc(S(=O)(=O)Nc3cc(Cl)cc(Cl)c3)cc21. The number of halogens is 2. The number of ether oxygens (including phenoxy) is 1. The van der Waals surface area contributed by atoms with Crippen LogP contribution in [0.25, 0.3) is 0 Å². The van der Waals surface area contributed by atoms with Gasteiger partial charge in [-0.3, -0.25) is 9.52 Å². The average Bonchev–Trinajstić information content (AvgIpc) is 2.51. The minimum Gasteiger partial charge on any atom is -0.484 e. The van der Waals surface area contributed by atoms with E-state index in [0.29, 0.717) is 28.0 Å². The number of sulfonamides is 1. The maximum absolute atomic E-state index is 12.8. The van der Waals surface area contributed by atoms with Crippen LogP contribution in [0, 0.1) is 0 Å². The van der Waals surface area contributed by atoms with Crippen LogP contribution >= 0.6 is 23.2 Å². The van der Waals surface area contributed by atoms with Crippen molar-refractivity contribution >= 4 is 50.5 Å². The van der Waals surface area contributed by atoms with Crippen molar-refractivity contribution in [2.45, 2.75) is 31.3 Å². The van der Waals surface area contributed by atoms with Crippen molar-refractivity contribution in [2.75, 3.05) is 16.2 Å². The van der Waals surface area contributed by atoms with Gasteiger partial charge in [0.15, 0.2) is 0 Å². The molecule has 2 aromatic carbocycles. The van der Waals surface area contributed by atoms with Crippen molar-refractivity contribution in [2.24, 2.45) is 0 Å². The molecule has 144 valence electrons. The van der Waals surface area contributed by atoms with Crippen LogP contribution in [-0.2, 0) is 14.8 Å². The van der Waals surface area contributed by atoms with Crippen molar-refractivity contribution in [1.82, 2.24) is 0 Å². The Hall–Kier alpha value is -1.96. The fourth-order valence-corrected chi connectivity index (χ4v) is 4.45. The van der Waals surface area contributed by atoms with Gasteiger partial charge in [0.25, 0.3) is 10.0 Å². The number of fused-ring (bicyclic) bond motifs is 1. The molecule has 0 unspecified atom stereocenters. The monoisotopic (exact) mass is 428 g/mol. The predicted octanol–water partition coefficient (Wildman–Crippen LogP) is 4.32. The predicted molar refractivity (Wildman–Crippen MR) is 106 cm³/mol. The number of carbonyl (C=O) groups excluding carboxylic acids is 1. The lowest BCUT2D eigenvalue weighted by molar-refractivity contribution is -0.117. The molecule has 0 bridgehead atoms. The van der Waals surface area contributed by atoms with Gasteiger partial charge in [-0.15, -0.1) is 0 Å². The smallest absolute Gasteiger partial charge is 0.261 e. The number of nitrogens with zero attached hydrogens (tertiary/aromatic N) is 1. The van der Waals surface area contributed by atoms with Crippen molar-refractivity contribution in [3.8, 4) is 5.75 Å². The zero-order valence-corrected chi connectivity index (χ0v) is 17.2. The molecule has 1 aliphatic heterocycles. The number of rotatable bonds is 3. The highest BCUT2D eigenvalue weighted by atomic mass is 35.5. The zero-order valence-electron chi connectivity index (χ0n) is 14.9. The standard InChI is InChI=1S/C18H18Cl2N2O4S/c1-11(23)22-10-18(2,3)26-17-5-4-15(9-16(17)22)27(24,25)21-14-7-12(19)6-13(20)8-14/h4-9,21H,10H2,1-3H3. The normalized spacial score (nSPS) is 15.7. The molecule has 0 fully saturated rings. The molecule has 6 nitrogen and oxygen atoms in total. The van der Waals surface area contributed by atoms with Gasteiger partial charge in [-0.1, -0.05) is 23.2 Å². The van der Waals surface area contributed by atoms with Gasteiger partial charge < -0.3 is 9.64 Å². The third-order valence-corrected chi connectivity index (χ3v) is 5.77. The second kappa shape index (κ2) is 6.89. The van der Waals surface area contributed by atoms with Crippen LogP contribution in [0.3, 0.4) is 0 Å². The molecule has 0 saturated heterocycles. The molecule has 3 rings (SSSR count). The van der Waals surface area contributed by atoms with Crippen LogP contribution in [0.1, 0.15) is 20.8 Å². The van der Waals surface area contributed by atoms with Crippen LogP contribution < -0.4 is 14.4 Å². The lowest BCUT2D eigenvalue weighted by atomic mass is 10.1. The minimum atomic E-state index is -3.92. The van der Waals surface area contributed by atoms with Crippen LogP contribution in [0.2, 0.25) is 10.0 Å². The molecule has 1 heterocycles. The molecule has 0 aromatic heterocycles. The summed E-state index contributed by atoms with van der Waals surface area (Å²) >= 11 is 11.8. The van der Waals surface area contributed by atoms with Gasteiger partial charge in [0.2, 0.25) is 5.91 Å². The van der Waals surface area contributed by atoms with Crippen LogP contribution in [0.5, 0.6) is 5.75 Å². The Morgan fingerprint density at radius 1 is 1.15 bits per heavy atom. The number of benzene rings is 2. The summed E-state index contributed by atoms with van der Waals surface area (Å²) in [6.07, 6.45) is 0. The molecular weight excluding hydrogens is 411 g/mol. The van der Waals surface area contributed by atoms with Crippen LogP contribution in [0.4, 0.5) is 11.4 Å². The number of anilines is 2. The zero-order chi connectivity index (χ0) is 20.0. The molecule has 1 N–H and O–H groups in total. The first-order valence-electron chi connectivity index (χ1n) is 8.07. The van der Waals surface area contributed by atoms with E-state index in [-0.39, 0.29) is 16.5 Å². The minimum absolute atomic E-state index is 0.00750. The summed E-state index contributed by atoms with van der Waals surface area (Å²) in [7, 11) is -3.92. The Morgan fingerprint density at radius 3 is 2.37 bits per heavy atom. The highest BCUT2D eigenvalue weighted by Gasteiger charge is 2.34. The second-order valence-corrected chi connectivity index (χ2v) is 9.42. The molecular formula is C18H18Cl2N2O4S. The van der Waals surface area contributed by atoms with Crippen molar-refractivity contribution < 1.29 is 17.9 Å². The van der Waals surface area contributed by atoms with Gasteiger partial charge in [-0.05, 0) is 50.2 Å². The molecule has 2 aromatic rings. The number of nitrogens with one attached hydrogen (secondary N) is 1. The number of hydrogen-bond acceptors (Lipinski definition) is 4. The fourth-order valence-electron chi connectivity index (χ4n) is 2.87. The first kappa shape index (κ1) is 19.8.